The van der Waals surface area contributed by atoms with Crippen LogP contribution in [0.25, 0.3) is 21.5 Å². The van der Waals surface area contributed by atoms with Gasteiger partial charge in [-0.1, -0.05) is 54.6 Å². The van der Waals surface area contributed by atoms with E-state index in [1.807, 2.05) is 0 Å². The molecule has 8 amide bonds. The third kappa shape index (κ3) is 5.43. The lowest BCUT2D eigenvalue weighted by molar-refractivity contribution is -0.123. The van der Waals surface area contributed by atoms with Crippen molar-refractivity contribution in [2.45, 2.75) is 0 Å². The lowest BCUT2D eigenvalue weighted by atomic mass is 9.95. The quantitative estimate of drug-likeness (QED) is 0.177. The largest absolute Gasteiger partial charge is 0.342 e. The molecule has 0 saturated carbocycles. The molecule has 0 fully saturated rings. The van der Waals surface area contributed by atoms with E-state index in [0.29, 0.717) is 31.6 Å². The monoisotopic (exact) mass is 669 g/mol. The highest BCUT2D eigenvalue weighted by atomic mass is 16.2. The molecule has 0 saturated heterocycles. The Morgan fingerprint density at radius 1 is 0.480 bits per heavy atom. The summed E-state index contributed by atoms with van der Waals surface area (Å²) < 4.78 is 0. The van der Waals surface area contributed by atoms with Crippen LogP contribution in [0.1, 0.15) is 62.4 Å². The SMILES string of the molecule is O=C(CNC(=O)c1cccc(C(=O)NCC(=O)NN2C(=O)c3cccc4cccc(c34)C2=O)n1)NN1C(=O)c2cccc3cccc(c23)C1=O. The van der Waals surface area contributed by atoms with Gasteiger partial charge < -0.3 is 10.6 Å². The maximum absolute atomic E-state index is 13.0. The molecule has 0 radical (unpaired) electrons. The van der Waals surface area contributed by atoms with Crippen molar-refractivity contribution in [2.75, 3.05) is 13.1 Å². The Kier molecular flexibility index (Phi) is 7.76. The zero-order valence-corrected chi connectivity index (χ0v) is 25.7. The Bertz CT molecular complexity index is 2110. The molecule has 1 aromatic heterocycles. The second-order valence-electron chi connectivity index (χ2n) is 11.2. The van der Waals surface area contributed by atoms with Gasteiger partial charge in [-0.25, -0.2) is 4.98 Å². The van der Waals surface area contributed by atoms with Crippen molar-refractivity contribution in [2.24, 2.45) is 0 Å². The van der Waals surface area contributed by atoms with Crippen molar-refractivity contribution in [3.05, 3.63) is 125 Å². The first-order valence-electron chi connectivity index (χ1n) is 15.1. The molecular formula is C35H23N7O8. The van der Waals surface area contributed by atoms with E-state index in [2.05, 4.69) is 26.5 Å². The Morgan fingerprint density at radius 2 is 0.800 bits per heavy atom. The highest BCUT2D eigenvalue weighted by molar-refractivity contribution is 6.26. The number of benzene rings is 4. The van der Waals surface area contributed by atoms with E-state index >= 15 is 0 Å². The van der Waals surface area contributed by atoms with Crippen molar-refractivity contribution in [1.29, 1.82) is 0 Å². The molecule has 4 N–H and O–H groups in total. The summed E-state index contributed by atoms with van der Waals surface area (Å²) in [5, 5.41) is 8.15. The molecule has 2 aliphatic heterocycles. The molecule has 7 rings (SSSR count). The van der Waals surface area contributed by atoms with Crippen LogP contribution >= 0.6 is 0 Å². The summed E-state index contributed by atoms with van der Waals surface area (Å²) >= 11 is 0. The standard InChI is InChI=1S/C35H23N7O8/c43-26(39-41-32(47)20-10-1-6-18-7-2-11-21(28(18)20)33(41)48)16-36-30(45)24-14-5-15-25(38-24)31(46)37-17-27(44)40-42-34(49)22-12-3-8-19-9-4-13-23(29(19)22)35(42)50/h1-15H,16-17H2,(H,36,45)(H,37,46)(H,39,43)(H,40,44). The first kappa shape index (κ1) is 31.3. The van der Waals surface area contributed by atoms with E-state index in [1.54, 1.807) is 72.8 Å². The molecule has 0 spiro atoms. The van der Waals surface area contributed by atoms with Crippen molar-refractivity contribution in [1.82, 2.24) is 36.5 Å². The van der Waals surface area contributed by atoms with Crippen LogP contribution in [0.5, 0.6) is 0 Å². The van der Waals surface area contributed by atoms with Gasteiger partial charge in [-0.15, -0.1) is 0 Å². The Hall–Kier alpha value is -7.29. The summed E-state index contributed by atoms with van der Waals surface area (Å²) in [6.07, 6.45) is 0. The number of carbonyl (C=O) groups excluding carboxylic acids is 8. The molecule has 0 bridgehead atoms. The molecule has 15 heteroatoms. The van der Waals surface area contributed by atoms with E-state index < -0.39 is 60.3 Å². The minimum atomic E-state index is -0.877. The zero-order valence-electron chi connectivity index (χ0n) is 25.7. The average Bonchev–Trinajstić information content (AvgIpc) is 3.14. The van der Waals surface area contributed by atoms with Gasteiger partial charge in [0.2, 0.25) is 0 Å². The van der Waals surface area contributed by atoms with Gasteiger partial charge in [-0.3, -0.25) is 49.2 Å². The summed E-state index contributed by atoms with van der Waals surface area (Å²) in [5.41, 5.74) is 4.87. The fourth-order valence-electron chi connectivity index (χ4n) is 5.78. The van der Waals surface area contributed by atoms with E-state index in [1.165, 1.54) is 18.2 Å². The lowest BCUT2D eigenvalue weighted by Crippen LogP contribution is -2.54. The number of nitrogens with one attached hydrogen (secondary N) is 4. The van der Waals surface area contributed by atoms with Crippen molar-refractivity contribution in [3.63, 3.8) is 0 Å². The molecule has 246 valence electrons. The molecule has 0 aliphatic carbocycles. The van der Waals surface area contributed by atoms with Crippen molar-refractivity contribution >= 4 is 68.8 Å². The summed E-state index contributed by atoms with van der Waals surface area (Å²) in [6.45, 7) is -1.29. The number of imide groups is 2. The number of hydrogen-bond acceptors (Lipinski definition) is 9. The minimum Gasteiger partial charge on any atom is -0.342 e. The topological polar surface area (TPSA) is 204 Å². The Morgan fingerprint density at radius 3 is 1.14 bits per heavy atom. The van der Waals surface area contributed by atoms with Crippen molar-refractivity contribution in [3.8, 4) is 0 Å². The number of amides is 8. The highest BCUT2D eigenvalue weighted by Gasteiger charge is 2.35. The third-order valence-electron chi connectivity index (χ3n) is 8.05. The van der Waals surface area contributed by atoms with Gasteiger partial charge in [0.25, 0.3) is 47.3 Å². The van der Waals surface area contributed by atoms with E-state index in [4.69, 9.17) is 0 Å². The average molecular weight is 670 g/mol. The van der Waals surface area contributed by atoms with Crippen LogP contribution in [0.15, 0.2) is 91.0 Å². The maximum atomic E-state index is 13.0. The minimum absolute atomic E-state index is 0.232. The van der Waals surface area contributed by atoms with Crippen LogP contribution in [0.4, 0.5) is 0 Å². The Balaban J connectivity index is 0.931. The molecule has 0 unspecified atom stereocenters. The van der Waals surface area contributed by atoms with Gasteiger partial charge in [-0.05, 0) is 47.2 Å². The van der Waals surface area contributed by atoms with Gasteiger partial charge in [0.15, 0.2) is 0 Å². The molecular weight excluding hydrogens is 646 g/mol. The molecule has 50 heavy (non-hydrogen) atoms. The number of pyridine rings is 1. The smallest absolute Gasteiger partial charge is 0.280 e. The number of hydrogen-bond donors (Lipinski definition) is 4. The predicted octanol–water partition coefficient (Wildman–Crippen LogP) is 1.50. The molecule has 3 heterocycles. The van der Waals surface area contributed by atoms with E-state index in [9.17, 15) is 38.4 Å². The number of rotatable bonds is 8. The molecule has 4 aromatic carbocycles. The highest BCUT2D eigenvalue weighted by Crippen LogP contribution is 2.30. The van der Waals surface area contributed by atoms with Crippen molar-refractivity contribution < 1.29 is 38.4 Å². The third-order valence-corrected chi connectivity index (χ3v) is 8.05. The molecule has 5 aromatic rings. The summed E-state index contributed by atoms with van der Waals surface area (Å²) in [4.78, 5) is 107. The van der Waals surface area contributed by atoms with Gasteiger partial charge in [0.05, 0.1) is 35.3 Å². The van der Waals surface area contributed by atoms with Crippen LogP contribution in [0.3, 0.4) is 0 Å². The Labute approximate surface area is 281 Å². The molecule has 15 nitrogen and oxygen atoms in total. The second kappa shape index (κ2) is 12.4. The second-order valence-corrected chi connectivity index (χ2v) is 11.2. The normalized spacial score (nSPS) is 13.4. The summed E-state index contributed by atoms with van der Waals surface area (Å²) in [7, 11) is 0. The van der Waals surface area contributed by atoms with E-state index in [-0.39, 0.29) is 33.6 Å². The maximum Gasteiger partial charge on any atom is 0.280 e. The van der Waals surface area contributed by atoms with Gasteiger partial charge >= 0.3 is 0 Å². The first-order valence-corrected chi connectivity index (χ1v) is 15.1. The predicted molar refractivity (Wildman–Crippen MR) is 174 cm³/mol. The number of hydrazine groups is 2. The van der Waals surface area contributed by atoms with Crippen LogP contribution in [0, 0.1) is 0 Å². The van der Waals surface area contributed by atoms with Crippen LogP contribution in [-0.2, 0) is 9.59 Å². The number of aromatic nitrogens is 1. The zero-order chi connectivity index (χ0) is 35.1. The van der Waals surface area contributed by atoms with Gasteiger partial charge in [-0.2, -0.15) is 10.0 Å². The number of nitrogens with zero attached hydrogens (tertiary/aromatic N) is 3. The lowest BCUT2D eigenvalue weighted by Gasteiger charge is -2.27. The molecule has 2 aliphatic rings. The summed E-state index contributed by atoms with van der Waals surface area (Å²) in [6, 6.07) is 23.7. The van der Waals surface area contributed by atoms with Crippen LogP contribution in [0.2, 0.25) is 0 Å². The van der Waals surface area contributed by atoms with E-state index in [0.717, 1.165) is 0 Å². The first-order chi connectivity index (χ1) is 24.1. The fourth-order valence-corrected chi connectivity index (χ4v) is 5.78. The van der Waals surface area contributed by atoms with Gasteiger partial charge in [0, 0.05) is 10.8 Å². The molecule has 0 atom stereocenters. The van der Waals surface area contributed by atoms with Crippen LogP contribution in [-0.4, -0.2) is 75.3 Å². The fraction of sp³-hybridized carbons (Fsp3) is 0.0571. The number of carbonyl (C=O) groups is 8. The summed E-state index contributed by atoms with van der Waals surface area (Å²) in [5.74, 6) is -6.38. The van der Waals surface area contributed by atoms with Gasteiger partial charge in [0.1, 0.15) is 11.4 Å². The van der Waals surface area contributed by atoms with Crippen LogP contribution < -0.4 is 21.5 Å².